The largest absolute Gasteiger partial charge is 0.481 e. The summed E-state index contributed by atoms with van der Waals surface area (Å²) in [6, 6.07) is 1.09. The fourth-order valence-electron chi connectivity index (χ4n) is 2.58. The Bertz CT molecular complexity index is 253. The fourth-order valence-corrected chi connectivity index (χ4v) is 5.07. The van der Waals surface area contributed by atoms with Crippen LogP contribution in [0.4, 0.5) is 0 Å². The van der Waals surface area contributed by atoms with Crippen LogP contribution in [0.5, 0.6) is 0 Å². The molecule has 0 saturated heterocycles. The quantitative estimate of drug-likeness (QED) is 0.350. The first-order valence-electron chi connectivity index (χ1n) is 8.53. The molecule has 5 heteroatoms. The predicted octanol–water partition coefficient (Wildman–Crippen LogP) is 4.73. The molecule has 21 heavy (non-hydrogen) atoms. The van der Waals surface area contributed by atoms with Crippen molar-refractivity contribution in [1.29, 1.82) is 0 Å². The predicted molar refractivity (Wildman–Crippen MR) is 88.9 cm³/mol. The van der Waals surface area contributed by atoms with E-state index in [1.165, 1.54) is 32.1 Å². The van der Waals surface area contributed by atoms with Gasteiger partial charge in [-0.05, 0) is 32.9 Å². The number of unbranched alkanes of at least 4 members (excludes halogenated alkanes) is 7. The molecule has 1 N–H and O–H groups in total. The van der Waals surface area contributed by atoms with Crippen molar-refractivity contribution in [3.8, 4) is 0 Å². The first-order valence-corrected chi connectivity index (χ1v) is 11.1. The van der Waals surface area contributed by atoms with Gasteiger partial charge < -0.3 is 14.0 Å². The Morgan fingerprint density at radius 3 is 1.71 bits per heavy atom. The van der Waals surface area contributed by atoms with Gasteiger partial charge in [0.05, 0.1) is 0 Å². The molecule has 0 saturated carbocycles. The molecule has 0 aliphatic heterocycles. The van der Waals surface area contributed by atoms with E-state index >= 15 is 0 Å². The Morgan fingerprint density at radius 2 is 1.29 bits per heavy atom. The number of hydrogen-bond acceptors (Lipinski definition) is 3. The van der Waals surface area contributed by atoms with Gasteiger partial charge >= 0.3 is 14.5 Å². The normalized spacial score (nSPS) is 11.8. The lowest BCUT2D eigenvalue weighted by atomic mass is 10.1. The molecule has 0 aromatic heterocycles. The molecule has 0 fully saturated rings. The zero-order chi connectivity index (χ0) is 16.0. The smallest absolute Gasteiger partial charge is 0.334 e. The van der Waals surface area contributed by atoms with E-state index in [4.69, 9.17) is 14.0 Å². The molecule has 0 aromatic carbocycles. The molecule has 0 aliphatic carbocycles. The van der Waals surface area contributed by atoms with Gasteiger partial charge in [-0.1, -0.05) is 44.9 Å². The number of aliphatic carboxylic acids is 1. The van der Waals surface area contributed by atoms with Crippen LogP contribution in [0.25, 0.3) is 0 Å². The molecule has 0 unspecified atom stereocenters. The molecule has 0 spiro atoms. The highest BCUT2D eigenvalue weighted by atomic mass is 28.4. The van der Waals surface area contributed by atoms with Crippen molar-refractivity contribution in [3.63, 3.8) is 0 Å². The summed E-state index contributed by atoms with van der Waals surface area (Å²) in [6.07, 6.45) is 9.55. The van der Waals surface area contributed by atoms with E-state index in [1.807, 2.05) is 13.8 Å². The summed E-state index contributed by atoms with van der Waals surface area (Å²) in [5, 5.41) is 8.54. The van der Waals surface area contributed by atoms with E-state index in [1.54, 1.807) is 0 Å². The molecular formula is C16H34O4Si. The van der Waals surface area contributed by atoms with E-state index in [9.17, 15) is 4.79 Å². The lowest BCUT2D eigenvalue weighted by Crippen LogP contribution is -2.38. The van der Waals surface area contributed by atoms with E-state index in [2.05, 4.69) is 6.55 Å². The highest BCUT2D eigenvalue weighted by Crippen LogP contribution is 2.19. The molecule has 126 valence electrons. The zero-order valence-corrected chi connectivity index (χ0v) is 15.2. The Kier molecular flexibility index (Phi) is 13.0. The van der Waals surface area contributed by atoms with Crippen molar-refractivity contribution in [3.05, 3.63) is 0 Å². The molecule has 0 aliphatic rings. The second-order valence-electron chi connectivity index (χ2n) is 5.72. The Hall–Kier alpha value is -0.393. The van der Waals surface area contributed by atoms with Crippen LogP contribution < -0.4 is 0 Å². The number of rotatable bonds is 15. The second-order valence-corrected chi connectivity index (χ2v) is 9.07. The van der Waals surface area contributed by atoms with Crippen molar-refractivity contribution in [2.45, 2.75) is 84.2 Å². The molecular weight excluding hydrogens is 284 g/mol. The summed E-state index contributed by atoms with van der Waals surface area (Å²) >= 11 is 0. The topological polar surface area (TPSA) is 55.8 Å². The molecule has 0 rings (SSSR count). The summed E-state index contributed by atoms with van der Waals surface area (Å²) < 4.78 is 11.7. The first kappa shape index (κ1) is 20.6. The molecule has 0 amide bonds. The average molecular weight is 319 g/mol. The summed E-state index contributed by atoms with van der Waals surface area (Å²) in [6.45, 7) is 7.74. The standard InChI is InChI=1S/C16H34O4Si/c1-4-19-21(3,20-5-2)15-13-11-9-7-6-8-10-12-14-16(17)18/h4-15H2,1-3H3,(H,17,18). The zero-order valence-electron chi connectivity index (χ0n) is 14.2. The van der Waals surface area contributed by atoms with Crippen molar-refractivity contribution < 1.29 is 18.8 Å². The van der Waals surface area contributed by atoms with Crippen LogP contribution >= 0.6 is 0 Å². The maximum absolute atomic E-state index is 10.4. The first-order chi connectivity index (χ1) is 10.0. The summed E-state index contributed by atoms with van der Waals surface area (Å²) in [7, 11) is -1.90. The minimum absolute atomic E-state index is 0.318. The average Bonchev–Trinajstić information content (AvgIpc) is 2.41. The second kappa shape index (κ2) is 13.3. The van der Waals surface area contributed by atoms with E-state index in [-0.39, 0.29) is 0 Å². The molecule has 0 radical (unpaired) electrons. The van der Waals surface area contributed by atoms with Gasteiger partial charge in [-0.2, -0.15) is 0 Å². The Morgan fingerprint density at radius 1 is 0.857 bits per heavy atom. The summed E-state index contributed by atoms with van der Waals surface area (Å²) in [5.74, 6) is -0.675. The van der Waals surface area contributed by atoms with Gasteiger partial charge in [0, 0.05) is 19.6 Å². The lowest BCUT2D eigenvalue weighted by Gasteiger charge is -2.25. The van der Waals surface area contributed by atoms with Gasteiger partial charge in [0.25, 0.3) is 0 Å². The lowest BCUT2D eigenvalue weighted by molar-refractivity contribution is -0.137. The third kappa shape index (κ3) is 13.0. The van der Waals surface area contributed by atoms with Crippen molar-refractivity contribution in [1.82, 2.24) is 0 Å². The van der Waals surface area contributed by atoms with E-state index in [0.717, 1.165) is 38.5 Å². The molecule has 0 aromatic rings. The SMILES string of the molecule is CCO[Si](C)(CCCCCCCCCCC(=O)O)OCC. The molecule has 4 nitrogen and oxygen atoms in total. The molecule has 0 heterocycles. The fraction of sp³-hybridized carbons (Fsp3) is 0.938. The Labute approximate surface area is 131 Å². The molecule has 0 atom stereocenters. The number of carboxylic acid groups (broad SMARTS) is 1. The van der Waals surface area contributed by atoms with Gasteiger partial charge in [0.15, 0.2) is 0 Å². The van der Waals surface area contributed by atoms with Gasteiger partial charge in [0.2, 0.25) is 0 Å². The monoisotopic (exact) mass is 318 g/mol. The minimum Gasteiger partial charge on any atom is -0.481 e. The number of hydrogen-bond donors (Lipinski definition) is 1. The van der Waals surface area contributed by atoms with Crippen LogP contribution in [-0.2, 0) is 13.6 Å². The summed E-state index contributed by atoms with van der Waals surface area (Å²) in [4.78, 5) is 10.4. The third-order valence-electron chi connectivity index (χ3n) is 3.67. The van der Waals surface area contributed by atoms with Crippen LogP contribution in [0.3, 0.4) is 0 Å². The van der Waals surface area contributed by atoms with Gasteiger partial charge in [0.1, 0.15) is 0 Å². The summed E-state index contributed by atoms with van der Waals surface area (Å²) in [5.41, 5.74) is 0. The van der Waals surface area contributed by atoms with Gasteiger partial charge in [-0.15, -0.1) is 0 Å². The van der Waals surface area contributed by atoms with Crippen LogP contribution in [-0.4, -0.2) is 32.9 Å². The van der Waals surface area contributed by atoms with Crippen LogP contribution in [0.15, 0.2) is 0 Å². The van der Waals surface area contributed by atoms with Gasteiger partial charge in [-0.3, -0.25) is 4.79 Å². The third-order valence-corrected chi connectivity index (χ3v) is 6.73. The highest BCUT2D eigenvalue weighted by Gasteiger charge is 2.29. The van der Waals surface area contributed by atoms with Crippen LogP contribution in [0.1, 0.15) is 71.6 Å². The van der Waals surface area contributed by atoms with Crippen LogP contribution in [0, 0.1) is 0 Å². The van der Waals surface area contributed by atoms with Crippen molar-refractivity contribution in [2.75, 3.05) is 13.2 Å². The van der Waals surface area contributed by atoms with E-state index in [0.29, 0.717) is 6.42 Å². The molecule has 0 bridgehead atoms. The van der Waals surface area contributed by atoms with Crippen molar-refractivity contribution in [2.24, 2.45) is 0 Å². The van der Waals surface area contributed by atoms with Crippen LogP contribution in [0.2, 0.25) is 12.6 Å². The number of carboxylic acids is 1. The maximum Gasteiger partial charge on any atom is 0.334 e. The van der Waals surface area contributed by atoms with Gasteiger partial charge in [-0.25, -0.2) is 0 Å². The van der Waals surface area contributed by atoms with E-state index < -0.39 is 14.5 Å². The number of carbonyl (C=O) groups is 1. The minimum atomic E-state index is -1.90. The van der Waals surface area contributed by atoms with Crippen molar-refractivity contribution >= 4 is 14.5 Å². The Balaban J connectivity index is 3.43. The maximum atomic E-state index is 10.4. The highest BCUT2D eigenvalue weighted by molar-refractivity contribution is 6.66.